The number of methoxy groups -OCH3 is 1. The molecule has 2 amide bonds. The largest absolute Gasteiger partial charge is 0.496 e. The number of rotatable bonds is 4. The topological polar surface area (TPSA) is 63.2 Å². The summed E-state index contributed by atoms with van der Waals surface area (Å²) < 4.78 is 5.30. The Hall–Kier alpha value is -2.57. The van der Waals surface area contributed by atoms with Gasteiger partial charge in [0.15, 0.2) is 5.13 Å². The Labute approximate surface area is 161 Å². The molecule has 5 nitrogen and oxygen atoms in total. The van der Waals surface area contributed by atoms with Crippen molar-refractivity contribution in [3.63, 3.8) is 0 Å². The van der Waals surface area contributed by atoms with Gasteiger partial charge in [-0.3, -0.25) is 5.32 Å². The lowest BCUT2D eigenvalue weighted by molar-refractivity contribution is 0.262. The fourth-order valence-electron chi connectivity index (χ4n) is 2.54. The Morgan fingerprint density at radius 2 is 1.85 bits per heavy atom. The third kappa shape index (κ3) is 4.15. The number of benzene rings is 2. The molecule has 0 spiro atoms. The predicted octanol–water partition coefficient (Wildman–Crippen LogP) is 5.73. The third-order valence-corrected chi connectivity index (χ3v) is 4.93. The fourth-order valence-corrected chi connectivity index (χ4v) is 3.49. The van der Waals surface area contributed by atoms with E-state index in [1.165, 1.54) is 11.3 Å². The lowest BCUT2D eigenvalue weighted by Crippen LogP contribution is -2.19. The van der Waals surface area contributed by atoms with Crippen molar-refractivity contribution in [3.05, 3.63) is 57.9 Å². The Kier molecular flexibility index (Phi) is 5.44. The van der Waals surface area contributed by atoms with Crippen LogP contribution in [0.4, 0.5) is 15.6 Å². The van der Waals surface area contributed by atoms with Gasteiger partial charge in [0, 0.05) is 21.2 Å². The summed E-state index contributed by atoms with van der Waals surface area (Å²) in [4.78, 5) is 17.7. The smallest absolute Gasteiger partial charge is 0.325 e. The van der Waals surface area contributed by atoms with Crippen LogP contribution in [-0.2, 0) is 0 Å². The number of carbonyl (C=O) groups is 1. The zero-order chi connectivity index (χ0) is 18.7. The van der Waals surface area contributed by atoms with Crippen LogP contribution in [0.2, 0.25) is 5.02 Å². The third-order valence-electron chi connectivity index (χ3n) is 3.79. The molecule has 0 saturated carbocycles. The van der Waals surface area contributed by atoms with Crippen LogP contribution < -0.4 is 15.4 Å². The highest BCUT2D eigenvalue weighted by Crippen LogP contribution is 2.32. The van der Waals surface area contributed by atoms with E-state index < -0.39 is 0 Å². The van der Waals surface area contributed by atoms with E-state index in [9.17, 15) is 4.79 Å². The second-order valence-corrected chi connectivity index (χ2v) is 7.33. The highest BCUT2D eigenvalue weighted by atomic mass is 35.5. The van der Waals surface area contributed by atoms with Gasteiger partial charge >= 0.3 is 6.03 Å². The van der Waals surface area contributed by atoms with Gasteiger partial charge in [0.25, 0.3) is 0 Å². The summed E-state index contributed by atoms with van der Waals surface area (Å²) in [5.74, 6) is 0.835. The van der Waals surface area contributed by atoms with E-state index in [1.807, 2.05) is 32.0 Å². The van der Waals surface area contributed by atoms with E-state index in [2.05, 4.69) is 15.6 Å². The number of halogens is 1. The molecule has 26 heavy (non-hydrogen) atoms. The maximum atomic E-state index is 12.2. The van der Waals surface area contributed by atoms with E-state index in [0.717, 1.165) is 27.4 Å². The highest BCUT2D eigenvalue weighted by molar-refractivity contribution is 7.16. The van der Waals surface area contributed by atoms with Gasteiger partial charge in [-0.05, 0) is 61.9 Å². The van der Waals surface area contributed by atoms with E-state index in [0.29, 0.717) is 15.8 Å². The fraction of sp³-hybridized carbons (Fsp3) is 0.158. The van der Waals surface area contributed by atoms with E-state index in [1.54, 1.807) is 31.4 Å². The molecule has 0 aliphatic rings. The Bertz CT molecular complexity index is 938. The van der Waals surface area contributed by atoms with E-state index in [-0.39, 0.29) is 6.03 Å². The van der Waals surface area contributed by atoms with Crippen LogP contribution >= 0.6 is 22.9 Å². The molecule has 134 valence electrons. The molecule has 1 aromatic heterocycles. The molecule has 2 N–H and O–H groups in total. The standard InChI is InChI=1S/C19H18ClN3O2S/c1-11-10-13(4-9-16(11)25-3)17-12(2)26-19(22-17)23-18(24)21-15-7-5-14(20)6-8-15/h4-10H,1-3H3,(H2,21,22,23,24). The maximum absolute atomic E-state index is 12.2. The number of carbonyl (C=O) groups excluding carboxylic acids is 1. The minimum atomic E-state index is -0.349. The molecule has 0 saturated heterocycles. The van der Waals surface area contributed by atoms with Crippen LogP contribution in [0.3, 0.4) is 0 Å². The number of hydrogen-bond donors (Lipinski definition) is 2. The molecule has 0 atom stereocenters. The minimum Gasteiger partial charge on any atom is -0.496 e. The molecule has 7 heteroatoms. The first-order chi connectivity index (χ1) is 12.5. The molecular weight excluding hydrogens is 370 g/mol. The molecule has 1 heterocycles. The van der Waals surface area contributed by atoms with Gasteiger partial charge < -0.3 is 10.1 Å². The lowest BCUT2D eigenvalue weighted by atomic mass is 10.1. The summed E-state index contributed by atoms with van der Waals surface area (Å²) in [5.41, 5.74) is 3.53. The summed E-state index contributed by atoms with van der Waals surface area (Å²) in [7, 11) is 1.65. The molecule has 3 aromatic rings. The molecule has 0 radical (unpaired) electrons. The second-order valence-electron chi connectivity index (χ2n) is 5.69. The zero-order valence-corrected chi connectivity index (χ0v) is 16.2. The zero-order valence-electron chi connectivity index (χ0n) is 14.6. The van der Waals surface area contributed by atoms with Gasteiger partial charge in [-0.25, -0.2) is 9.78 Å². The first-order valence-corrected chi connectivity index (χ1v) is 9.11. The molecule has 3 rings (SSSR count). The summed E-state index contributed by atoms with van der Waals surface area (Å²) >= 11 is 7.27. The van der Waals surface area contributed by atoms with Crippen molar-refractivity contribution in [3.8, 4) is 17.0 Å². The highest BCUT2D eigenvalue weighted by Gasteiger charge is 2.13. The van der Waals surface area contributed by atoms with Gasteiger partial charge in [-0.1, -0.05) is 11.6 Å². The molecular formula is C19H18ClN3O2S. The van der Waals surface area contributed by atoms with Crippen LogP contribution in [0.15, 0.2) is 42.5 Å². The summed E-state index contributed by atoms with van der Waals surface area (Å²) in [6, 6.07) is 12.5. The minimum absolute atomic E-state index is 0.349. The Balaban J connectivity index is 1.74. The summed E-state index contributed by atoms with van der Waals surface area (Å²) in [5, 5.41) is 6.68. The van der Waals surface area contributed by atoms with Crippen LogP contribution in [0.25, 0.3) is 11.3 Å². The van der Waals surface area contributed by atoms with Crippen molar-refractivity contribution in [2.24, 2.45) is 0 Å². The number of aryl methyl sites for hydroxylation is 2. The first kappa shape index (κ1) is 18.2. The summed E-state index contributed by atoms with van der Waals surface area (Å²) in [6.45, 7) is 3.97. The molecule has 0 bridgehead atoms. The summed E-state index contributed by atoms with van der Waals surface area (Å²) in [6.07, 6.45) is 0. The number of aromatic nitrogens is 1. The number of nitrogens with zero attached hydrogens (tertiary/aromatic N) is 1. The van der Waals surface area contributed by atoms with Crippen molar-refractivity contribution >= 4 is 39.8 Å². The second kappa shape index (κ2) is 7.76. The quantitative estimate of drug-likeness (QED) is 0.600. The van der Waals surface area contributed by atoms with E-state index >= 15 is 0 Å². The van der Waals surface area contributed by atoms with Crippen molar-refractivity contribution in [1.29, 1.82) is 0 Å². The Morgan fingerprint density at radius 1 is 1.12 bits per heavy atom. The first-order valence-electron chi connectivity index (χ1n) is 7.92. The molecule has 0 fully saturated rings. The Morgan fingerprint density at radius 3 is 2.50 bits per heavy atom. The number of urea groups is 1. The molecule has 0 unspecified atom stereocenters. The van der Waals surface area contributed by atoms with Gasteiger partial charge in [0.05, 0.1) is 12.8 Å². The normalized spacial score (nSPS) is 10.5. The number of nitrogens with one attached hydrogen (secondary N) is 2. The average molecular weight is 388 g/mol. The van der Waals surface area contributed by atoms with Gasteiger partial charge in [0.2, 0.25) is 0 Å². The van der Waals surface area contributed by atoms with Crippen molar-refractivity contribution in [2.45, 2.75) is 13.8 Å². The molecule has 2 aromatic carbocycles. The number of hydrogen-bond acceptors (Lipinski definition) is 4. The van der Waals surface area contributed by atoms with Crippen LogP contribution in [0.1, 0.15) is 10.4 Å². The van der Waals surface area contributed by atoms with E-state index in [4.69, 9.17) is 16.3 Å². The monoisotopic (exact) mass is 387 g/mol. The molecule has 0 aliphatic heterocycles. The van der Waals surface area contributed by atoms with Crippen molar-refractivity contribution in [2.75, 3.05) is 17.7 Å². The van der Waals surface area contributed by atoms with Crippen LogP contribution in [0, 0.1) is 13.8 Å². The van der Waals surface area contributed by atoms with Gasteiger partial charge in [-0.15, -0.1) is 11.3 Å². The number of thiazole rings is 1. The lowest BCUT2D eigenvalue weighted by Gasteiger charge is -2.06. The van der Waals surface area contributed by atoms with Crippen LogP contribution in [-0.4, -0.2) is 18.1 Å². The van der Waals surface area contributed by atoms with Crippen LogP contribution in [0.5, 0.6) is 5.75 Å². The van der Waals surface area contributed by atoms with Gasteiger partial charge in [-0.2, -0.15) is 0 Å². The predicted molar refractivity (Wildman–Crippen MR) is 108 cm³/mol. The molecule has 0 aliphatic carbocycles. The number of anilines is 2. The maximum Gasteiger partial charge on any atom is 0.325 e. The van der Waals surface area contributed by atoms with Gasteiger partial charge in [0.1, 0.15) is 5.75 Å². The van der Waals surface area contributed by atoms with Crippen molar-refractivity contribution in [1.82, 2.24) is 4.98 Å². The SMILES string of the molecule is COc1ccc(-c2nc(NC(=O)Nc3ccc(Cl)cc3)sc2C)cc1C. The average Bonchev–Trinajstić information content (AvgIpc) is 2.97. The number of amides is 2. The van der Waals surface area contributed by atoms with Crippen molar-refractivity contribution < 1.29 is 9.53 Å². The number of ether oxygens (including phenoxy) is 1.